The third-order valence-corrected chi connectivity index (χ3v) is 6.23. The minimum atomic E-state index is 0.00421. The number of anilines is 1. The summed E-state index contributed by atoms with van der Waals surface area (Å²) >= 11 is 0. The summed E-state index contributed by atoms with van der Waals surface area (Å²) in [7, 11) is 0. The molecule has 3 aromatic rings. The molecular formula is C22H26N6O. The van der Waals surface area contributed by atoms with E-state index in [-0.39, 0.29) is 5.92 Å². The predicted octanol–water partition coefficient (Wildman–Crippen LogP) is 2.67. The van der Waals surface area contributed by atoms with Crippen LogP contribution in [0.1, 0.15) is 42.7 Å². The Morgan fingerprint density at radius 2 is 1.83 bits per heavy atom. The van der Waals surface area contributed by atoms with Crippen LogP contribution in [-0.2, 0) is 11.2 Å². The predicted molar refractivity (Wildman–Crippen MR) is 111 cm³/mol. The molecule has 0 bridgehead atoms. The molecule has 0 spiro atoms. The quantitative estimate of drug-likeness (QED) is 0.673. The molecule has 1 aliphatic heterocycles. The second-order valence-electron chi connectivity index (χ2n) is 7.99. The number of rotatable bonds is 2. The van der Waals surface area contributed by atoms with Gasteiger partial charge in [0.25, 0.3) is 0 Å². The van der Waals surface area contributed by atoms with Crippen molar-refractivity contribution in [2.24, 2.45) is 0 Å². The second kappa shape index (κ2) is 7.81. The molecule has 1 unspecified atom stereocenters. The SMILES string of the molecule is O=C(C1CCCCCc2ccccc21)N1CCN(c2ccc3nncn3n2)CC1. The molecule has 2 aliphatic rings. The number of hydrogen-bond acceptors (Lipinski definition) is 5. The van der Waals surface area contributed by atoms with Gasteiger partial charge in [-0.3, -0.25) is 4.79 Å². The molecule has 1 fully saturated rings. The summed E-state index contributed by atoms with van der Waals surface area (Å²) in [6, 6.07) is 12.4. The number of aryl methyl sites for hydroxylation is 1. The number of nitrogens with zero attached hydrogens (tertiary/aromatic N) is 6. The van der Waals surface area contributed by atoms with Crippen LogP contribution in [0, 0.1) is 0 Å². The maximum absolute atomic E-state index is 13.4. The van der Waals surface area contributed by atoms with Crippen molar-refractivity contribution in [3.05, 3.63) is 53.9 Å². The second-order valence-corrected chi connectivity index (χ2v) is 7.99. The van der Waals surface area contributed by atoms with Gasteiger partial charge in [-0.25, -0.2) is 0 Å². The summed E-state index contributed by atoms with van der Waals surface area (Å²) in [6.45, 7) is 3.06. The van der Waals surface area contributed by atoms with Crippen molar-refractivity contribution in [2.45, 2.75) is 38.0 Å². The number of carbonyl (C=O) groups is 1. The van der Waals surface area contributed by atoms with Crippen molar-refractivity contribution >= 4 is 17.4 Å². The average molecular weight is 390 g/mol. The van der Waals surface area contributed by atoms with Crippen LogP contribution < -0.4 is 4.90 Å². The summed E-state index contributed by atoms with van der Waals surface area (Å²) in [5.74, 6) is 1.20. The highest BCUT2D eigenvalue weighted by Gasteiger charge is 2.30. The van der Waals surface area contributed by atoms with Crippen LogP contribution in [0.15, 0.2) is 42.7 Å². The van der Waals surface area contributed by atoms with Crippen molar-refractivity contribution in [3.63, 3.8) is 0 Å². The van der Waals surface area contributed by atoms with E-state index in [1.54, 1.807) is 10.8 Å². The maximum atomic E-state index is 13.4. The molecular weight excluding hydrogens is 364 g/mol. The van der Waals surface area contributed by atoms with Crippen LogP contribution in [0.25, 0.3) is 5.65 Å². The average Bonchev–Trinajstić information content (AvgIpc) is 3.22. The van der Waals surface area contributed by atoms with Crippen molar-refractivity contribution < 1.29 is 4.79 Å². The molecule has 1 aliphatic carbocycles. The lowest BCUT2D eigenvalue weighted by molar-refractivity contribution is -0.133. The number of hydrogen-bond donors (Lipinski definition) is 0. The van der Waals surface area contributed by atoms with Gasteiger partial charge in [-0.15, -0.1) is 15.3 Å². The first-order valence-corrected chi connectivity index (χ1v) is 10.6. The van der Waals surface area contributed by atoms with Crippen LogP contribution >= 0.6 is 0 Å². The Kier molecular flexibility index (Phi) is 4.87. The minimum absolute atomic E-state index is 0.00421. The van der Waals surface area contributed by atoms with Gasteiger partial charge in [0.2, 0.25) is 5.91 Å². The zero-order valence-electron chi connectivity index (χ0n) is 16.6. The van der Waals surface area contributed by atoms with Crippen LogP contribution in [0.2, 0.25) is 0 Å². The van der Waals surface area contributed by atoms with E-state index in [1.165, 1.54) is 24.0 Å². The monoisotopic (exact) mass is 390 g/mol. The summed E-state index contributed by atoms with van der Waals surface area (Å²) in [4.78, 5) is 17.7. The molecule has 1 aromatic carbocycles. The Labute approximate surface area is 170 Å². The standard InChI is InChI=1S/C22H26N6O/c29-22(19-9-3-1-2-6-17-7-4-5-8-18(17)19)27-14-12-26(13-15-27)21-11-10-20-24-23-16-28(20)25-21/h4-5,7-8,10-11,16,19H,1-3,6,9,12-15H2. The maximum Gasteiger partial charge on any atom is 0.230 e. The van der Waals surface area contributed by atoms with E-state index in [0.717, 1.165) is 56.9 Å². The molecule has 5 rings (SSSR count). The fourth-order valence-electron chi connectivity index (χ4n) is 4.62. The van der Waals surface area contributed by atoms with Gasteiger partial charge >= 0.3 is 0 Å². The largest absolute Gasteiger partial charge is 0.352 e. The van der Waals surface area contributed by atoms with Crippen molar-refractivity contribution in [2.75, 3.05) is 31.1 Å². The fourth-order valence-corrected chi connectivity index (χ4v) is 4.62. The topological polar surface area (TPSA) is 66.6 Å². The van der Waals surface area contributed by atoms with E-state index in [0.29, 0.717) is 5.91 Å². The van der Waals surface area contributed by atoms with Gasteiger partial charge in [0, 0.05) is 26.2 Å². The van der Waals surface area contributed by atoms with Gasteiger partial charge in [0.15, 0.2) is 5.65 Å². The molecule has 1 amide bonds. The van der Waals surface area contributed by atoms with Crippen LogP contribution in [0.5, 0.6) is 0 Å². The van der Waals surface area contributed by atoms with E-state index in [4.69, 9.17) is 0 Å². The first-order chi connectivity index (χ1) is 14.3. The fraction of sp³-hybridized carbons (Fsp3) is 0.455. The zero-order valence-corrected chi connectivity index (χ0v) is 16.6. The Morgan fingerprint density at radius 1 is 0.966 bits per heavy atom. The van der Waals surface area contributed by atoms with E-state index in [9.17, 15) is 4.79 Å². The lowest BCUT2D eigenvalue weighted by Crippen LogP contribution is -2.50. The number of benzene rings is 1. The summed E-state index contributed by atoms with van der Waals surface area (Å²) in [6.07, 6.45) is 7.23. The molecule has 0 saturated carbocycles. The third-order valence-electron chi connectivity index (χ3n) is 6.23. The van der Waals surface area contributed by atoms with E-state index < -0.39 is 0 Å². The molecule has 1 saturated heterocycles. The number of piperazine rings is 1. The summed E-state index contributed by atoms with van der Waals surface area (Å²) < 4.78 is 1.69. The van der Waals surface area contributed by atoms with Gasteiger partial charge in [-0.2, -0.15) is 4.52 Å². The Morgan fingerprint density at radius 3 is 2.72 bits per heavy atom. The highest BCUT2D eigenvalue weighted by atomic mass is 16.2. The molecule has 1 atom stereocenters. The lowest BCUT2D eigenvalue weighted by atomic mass is 9.84. The molecule has 2 aromatic heterocycles. The number of fused-ring (bicyclic) bond motifs is 2. The first kappa shape index (κ1) is 18.1. The third kappa shape index (κ3) is 3.57. The van der Waals surface area contributed by atoms with Crippen molar-refractivity contribution in [1.82, 2.24) is 24.7 Å². The Bertz CT molecular complexity index is 1010. The zero-order chi connectivity index (χ0) is 19.6. The number of aromatic nitrogens is 4. The highest BCUT2D eigenvalue weighted by Crippen LogP contribution is 2.31. The van der Waals surface area contributed by atoms with Gasteiger partial charge in [-0.1, -0.05) is 37.1 Å². The van der Waals surface area contributed by atoms with Gasteiger partial charge in [-0.05, 0) is 42.5 Å². The normalized spacial score (nSPS) is 20.2. The molecule has 29 heavy (non-hydrogen) atoms. The van der Waals surface area contributed by atoms with E-state index >= 15 is 0 Å². The van der Waals surface area contributed by atoms with Crippen LogP contribution in [0.3, 0.4) is 0 Å². The summed E-state index contributed by atoms with van der Waals surface area (Å²) in [5.41, 5.74) is 3.35. The number of carbonyl (C=O) groups excluding carboxylic acids is 1. The van der Waals surface area contributed by atoms with Gasteiger partial charge < -0.3 is 9.80 Å². The highest BCUT2D eigenvalue weighted by molar-refractivity contribution is 5.84. The minimum Gasteiger partial charge on any atom is -0.352 e. The molecule has 7 nitrogen and oxygen atoms in total. The number of amides is 1. The van der Waals surface area contributed by atoms with E-state index in [1.807, 2.05) is 12.1 Å². The lowest BCUT2D eigenvalue weighted by Gasteiger charge is -2.37. The molecule has 3 heterocycles. The molecule has 0 radical (unpaired) electrons. The van der Waals surface area contributed by atoms with Crippen molar-refractivity contribution in [1.29, 1.82) is 0 Å². The Balaban J connectivity index is 1.29. The van der Waals surface area contributed by atoms with Crippen molar-refractivity contribution in [3.8, 4) is 0 Å². The van der Waals surface area contributed by atoms with Gasteiger partial charge in [0.1, 0.15) is 12.1 Å². The first-order valence-electron chi connectivity index (χ1n) is 10.6. The van der Waals surface area contributed by atoms with Gasteiger partial charge in [0.05, 0.1) is 5.92 Å². The molecule has 0 N–H and O–H groups in total. The Hall–Kier alpha value is -2.96. The van der Waals surface area contributed by atoms with Crippen LogP contribution in [-0.4, -0.2) is 56.8 Å². The summed E-state index contributed by atoms with van der Waals surface area (Å²) in [5, 5.41) is 12.5. The molecule has 7 heteroatoms. The molecule has 150 valence electrons. The smallest absolute Gasteiger partial charge is 0.230 e. The van der Waals surface area contributed by atoms with E-state index in [2.05, 4.69) is 49.4 Å². The van der Waals surface area contributed by atoms with Crippen LogP contribution in [0.4, 0.5) is 5.82 Å².